The summed E-state index contributed by atoms with van der Waals surface area (Å²) < 4.78 is 6.05. The molecule has 1 N–H and O–H groups in total. The van der Waals surface area contributed by atoms with Crippen LogP contribution in [0.15, 0.2) is 24.3 Å². The Morgan fingerprint density at radius 1 is 1.16 bits per heavy atom. The van der Waals surface area contributed by atoms with E-state index in [2.05, 4.69) is 58.1 Å². The van der Waals surface area contributed by atoms with Crippen LogP contribution in [0.1, 0.15) is 46.6 Å². The number of para-hydroxylation sites is 1. The summed E-state index contributed by atoms with van der Waals surface area (Å²) >= 11 is 0. The maximum atomic E-state index is 6.05. The van der Waals surface area contributed by atoms with Crippen molar-refractivity contribution in [3.8, 4) is 5.75 Å². The van der Waals surface area contributed by atoms with E-state index < -0.39 is 0 Å². The third-order valence-corrected chi connectivity index (χ3v) is 3.59. The summed E-state index contributed by atoms with van der Waals surface area (Å²) in [6.07, 6.45) is 2.47. The summed E-state index contributed by atoms with van der Waals surface area (Å²) in [4.78, 5) is 0. The van der Waals surface area contributed by atoms with E-state index in [-0.39, 0.29) is 11.0 Å². The van der Waals surface area contributed by atoms with Gasteiger partial charge >= 0.3 is 0 Å². The predicted octanol–water partition coefficient (Wildman–Crippen LogP) is 3.79. The van der Waals surface area contributed by atoms with Crippen LogP contribution in [-0.4, -0.2) is 18.2 Å². The Morgan fingerprint density at radius 3 is 2.47 bits per heavy atom. The highest BCUT2D eigenvalue weighted by molar-refractivity contribution is 5.37. The second-order valence-corrected chi connectivity index (χ2v) is 7.52. The molecule has 1 atom stereocenters. The van der Waals surface area contributed by atoms with Gasteiger partial charge in [0, 0.05) is 18.5 Å². The minimum absolute atomic E-state index is 0.177. The van der Waals surface area contributed by atoms with E-state index in [9.17, 15) is 0 Å². The average Bonchev–Trinajstić information content (AvgIpc) is 2.66. The fraction of sp³-hybridized carbons (Fsp3) is 0.647. The normalized spacial score (nSPS) is 19.1. The molecule has 19 heavy (non-hydrogen) atoms. The molecule has 0 saturated carbocycles. The molecule has 106 valence electrons. The van der Waals surface area contributed by atoms with Crippen LogP contribution in [0.2, 0.25) is 0 Å². The van der Waals surface area contributed by atoms with Crippen molar-refractivity contribution in [2.24, 2.45) is 5.41 Å². The lowest BCUT2D eigenvalue weighted by atomic mass is 9.84. The van der Waals surface area contributed by atoms with E-state index in [1.165, 1.54) is 5.56 Å². The quantitative estimate of drug-likeness (QED) is 0.890. The van der Waals surface area contributed by atoms with Gasteiger partial charge in [-0.15, -0.1) is 0 Å². The molecule has 2 nitrogen and oxygen atoms in total. The molecule has 0 fully saturated rings. The molecular weight excluding hydrogens is 234 g/mol. The number of hydrogen-bond donors (Lipinski definition) is 1. The van der Waals surface area contributed by atoms with Crippen molar-refractivity contribution in [1.29, 1.82) is 0 Å². The standard InChI is InChI=1S/C17H27NO/c1-16(2,3)18-12-17(4,5)11-14-10-13-8-6-7-9-15(13)19-14/h6-9,14,18H,10-12H2,1-5H3. The van der Waals surface area contributed by atoms with Crippen LogP contribution in [0.4, 0.5) is 0 Å². The molecule has 1 unspecified atom stereocenters. The van der Waals surface area contributed by atoms with Crippen LogP contribution in [0.25, 0.3) is 0 Å². The molecule has 0 aliphatic carbocycles. The summed E-state index contributed by atoms with van der Waals surface area (Å²) in [5.41, 5.74) is 1.78. The highest BCUT2D eigenvalue weighted by atomic mass is 16.5. The van der Waals surface area contributed by atoms with Crippen molar-refractivity contribution < 1.29 is 4.74 Å². The number of ether oxygens (including phenoxy) is 1. The topological polar surface area (TPSA) is 21.3 Å². The molecule has 0 radical (unpaired) electrons. The first-order valence-corrected chi connectivity index (χ1v) is 7.25. The van der Waals surface area contributed by atoms with Gasteiger partial charge in [-0.3, -0.25) is 0 Å². The zero-order chi connectivity index (χ0) is 14.1. The maximum absolute atomic E-state index is 6.05. The van der Waals surface area contributed by atoms with Crippen molar-refractivity contribution in [2.45, 2.75) is 59.1 Å². The molecule has 0 spiro atoms. The second kappa shape index (κ2) is 5.16. The Morgan fingerprint density at radius 2 is 1.84 bits per heavy atom. The van der Waals surface area contributed by atoms with E-state index in [0.717, 1.165) is 25.1 Å². The monoisotopic (exact) mass is 261 g/mol. The molecule has 0 bridgehead atoms. The molecule has 0 saturated heterocycles. The van der Waals surface area contributed by atoms with Gasteiger partial charge in [0.15, 0.2) is 0 Å². The van der Waals surface area contributed by atoms with Gasteiger partial charge in [0.25, 0.3) is 0 Å². The van der Waals surface area contributed by atoms with Gasteiger partial charge in [0.05, 0.1) is 0 Å². The Hall–Kier alpha value is -1.02. The van der Waals surface area contributed by atoms with Gasteiger partial charge in [-0.25, -0.2) is 0 Å². The Bertz CT molecular complexity index is 406. The van der Waals surface area contributed by atoms with Gasteiger partial charge in [0.1, 0.15) is 11.9 Å². The maximum Gasteiger partial charge on any atom is 0.123 e. The van der Waals surface area contributed by atoms with Crippen LogP contribution in [0, 0.1) is 5.41 Å². The van der Waals surface area contributed by atoms with Gasteiger partial charge in [-0.05, 0) is 44.2 Å². The third kappa shape index (κ3) is 4.24. The lowest BCUT2D eigenvalue weighted by molar-refractivity contribution is 0.148. The summed E-state index contributed by atoms with van der Waals surface area (Å²) in [5, 5.41) is 3.60. The Balaban J connectivity index is 1.89. The van der Waals surface area contributed by atoms with Gasteiger partial charge < -0.3 is 10.1 Å². The lowest BCUT2D eigenvalue weighted by Gasteiger charge is -2.32. The molecular formula is C17H27NO. The molecule has 1 heterocycles. The van der Waals surface area contributed by atoms with E-state index in [4.69, 9.17) is 4.74 Å². The molecule has 2 rings (SSSR count). The summed E-state index contributed by atoms with van der Waals surface area (Å²) in [6.45, 7) is 12.3. The number of fused-ring (bicyclic) bond motifs is 1. The zero-order valence-electron chi connectivity index (χ0n) is 12.9. The van der Waals surface area contributed by atoms with Gasteiger partial charge in [-0.2, -0.15) is 0 Å². The second-order valence-electron chi connectivity index (χ2n) is 7.52. The molecule has 1 aromatic rings. The van der Waals surface area contributed by atoms with Crippen molar-refractivity contribution in [1.82, 2.24) is 5.32 Å². The minimum Gasteiger partial charge on any atom is -0.490 e. The summed E-state index contributed by atoms with van der Waals surface area (Å²) in [5.74, 6) is 1.08. The van der Waals surface area contributed by atoms with E-state index in [0.29, 0.717) is 6.10 Å². The third-order valence-electron chi connectivity index (χ3n) is 3.59. The number of benzene rings is 1. The zero-order valence-corrected chi connectivity index (χ0v) is 12.9. The van der Waals surface area contributed by atoms with Crippen LogP contribution in [-0.2, 0) is 6.42 Å². The highest BCUT2D eigenvalue weighted by Crippen LogP contribution is 2.34. The summed E-state index contributed by atoms with van der Waals surface area (Å²) in [7, 11) is 0. The Kier molecular flexibility index (Phi) is 3.91. The Labute approximate surface area is 117 Å². The van der Waals surface area contributed by atoms with Gasteiger partial charge in [0.2, 0.25) is 0 Å². The first-order chi connectivity index (χ1) is 8.75. The van der Waals surface area contributed by atoms with Crippen LogP contribution in [0.5, 0.6) is 5.75 Å². The average molecular weight is 261 g/mol. The van der Waals surface area contributed by atoms with Crippen LogP contribution >= 0.6 is 0 Å². The van der Waals surface area contributed by atoms with Crippen LogP contribution in [0.3, 0.4) is 0 Å². The highest BCUT2D eigenvalue weighted by Gasteiger charge is 2.30. The van der Waals surface area contributed by atoms with E-state index >= 15 is 0 Å². The molecule has 1 aromatic carbocycles. The largest absolute Gasteiger partial charge is 0.490 e. The fourth-order valence-corrected chi connectivity index (χ4v) is 2.56. The van der Waals surface area contributed by atoms with Crippen LogP contribution < -0.4 is 10.1 Å². The SMILES string of the molecule is CC(C)(CNC(C)(C)C)CC1Cc2ccccc2O1. The molecule has 0 amide bonds. The fourth-order valence-electron chi connectivity index (χ4n) is 2.56. The van der Waals surface area contributed by atoms with E-state index in [1.54, 1.807) is 0 Å². The molecule has 2 heteroatoms. The molecule has 1 aliphatic heterocycles. The van der Waals surface area contributed by atoms with Crippen molar-refractivity contribution >= 4 is 0 Å². The van der Waals surface area contributed by atoms with E-state index in [1.807, 2.05) is 6.07 Å². The smallest absolute Gasteiger partial charge is 0.123 e. The molecule has 0 aromatic heterocycles. The van der Waals surface area contributed by atoms with Crippen molar-refractivity contribution in [3.63, 3.8) is 0 Å². The van der Waals surface area contributed by atoms with Gasteiger partial charge in [-0.1, -0.05) is 32.0 Å². The number of hydrogen-bond acceptors (Lipinski definition) is 2. The lowest BCUT2D eigenvalue weighted by Crippen LogP contribution is -2.43. The van der Waals surface area contributed by atoms with Crippen molar-refractivity contribution in [3.05, 3.63) is 29.8 Å². The predicted molar refractivity (Wildman–Crippen MR) is 80.7 cm³/mol. The number of nitrogens with one attached hydrogen (secondary N) is 1. The molecule has 1 aliphatic rings. The minimum atomic E-state index is 0.177. The number of rotatable bonds is 4. The first kappa shape index (κ1) is 14.4. The first-order valence-electron chi connectivity index (χ1n) is 7.25. The summed E-state index contributed by atoms with van der Waals surface area (Å²) in [6, 6.07) is 8.40. The van der Waals surface area contributed by atoms with Crippen molar-refractivity contribution in [2.75, 3.05) is 6.54 Å².